The number of nitrogens with two attached hydrogens (primary N) is 1. The molecule has 3 rings (SSSR count). The fourth-order valence-corrected chi connectivity index (χ4v) is 3.92. The highest BCUT2D eigenvalue weighted by Gasteiger charge is 2.21. The molecule has 1 heterocycles. The van der Waals surface area contributed by atoms with Crippen LogP contribution < -0.4 is 15.4 Å². The Morgan fingerprint density at radius 1 is 1.09 bits per heavy atom. The van der Waals surface area contributed by atoms with E-state index in [0.717, 1.165) is 6.07 Å². The van der Waals surface area contributed by atoms with Crippen molar-refractivity contribution in [2.24, 2.45) is 5.14 Å². The van der Waals surface area contributed by atoms with Gasteiger partial charge < -0.3 is 19.4 Å². The molecule has 0 saturated heterocycles. The van der Waals surface area contributed by atoms with Crippen molar-refractivity contribution in [2.75, 3.05) is 18.6 Å². The molecule has 11 heteroatoms. The number of hydrogen-bond acceptors (Lipinski definition) is 7. The summed E-state index contributed by atoms with van der Waals surface area (Å²) in [4.78, 5) is 38.7. The standard InChI is InChI=1S/C23H23N3O7S/c1-15-9-10-16(12-20(15)34(24,30)31)23(29)33-14-21(27)26(2)19-8-4-3-7-18(19)22(28)25-13-17-6-5-11-32-17/h3-12H,13-14H2,1-2H3,(H,25,28)(H2,24,30,31). The van der Waals surface area contributed by atoms with Gasteiger partial charge in [0.15, 0.2) is 6.61 Å². The van der Waals surface area contributed by atoms with Crippen molar-refractivity contribution in [3.63, 3.8) is 0 Å². The predicted molar refractivity (Wildman–Crippen MR) is 123 cm³/mol. The van der Waals surface area contributed by atoms with Crippen molar-refractivity contribution >= 4 is 33.5 Å². The van der Waals surface area contributed by atoms with E-state index in [0.29, 0.717) is 17.0 Å². The first kappa shape index (κ1) is 24.7. The second kappa shape index (κ2) is 10.3. The van der Waals surface area contributed by atoms with E-state index in [2.05, 4.69) is 5.32 Å². The summed E-state index contributed by atoms with van der Waals surface area (Å²) in [5.74, 6) is -1.34. The smallest absolute Gasteiger partial charge is 0.338 e. The molecule has 2 aromatic carbocycles. The maximum Gasteiger partial charge on any atom is 0.338 e. The summed E-state index contributed by atoms with van der Waals surface area (Å²) in [5, 5.41) is 7.88. The summed E-state index contributed by atoms with van der Waals surface area (Å²) in [6.07, 6.45) is 1.50. The lowest BCUT2D eigenvalue weighted by atomic mass is 10.1. The Hall–Kier alpha value is -3.96. The number of hydrogen-bond donors (Lipinski definition) is 2. The van der Waals surface area contributed by atoms with E-state index in [9.17, 15) is 22.8 Å². The van der Waals surface area contributed by atoms with E-state index in [1.807, 2.05) is 0 Å². The molecule has 3 aromatic rings. The minimum Gasteiger partial charge on any atom is -0.467 e. The van der Waals surface area contributed by atoms with Gasteiger partial charge in [-0.3, -0.25) is 9.59 Å². The van der Waals surface area contributed by atoms with Gasteiger partial charge >= 0.3 is 5.97 Å². The van der Waals surface area contributed by atoms with Gasteiger partial charge in [-0.25, -0.2) is 18.4 Å². The molecule has 0 fully saturated rings. The Morgan fingerprint density at radius 2 is 1.82 bits per heavy atom. The number of nitrogens with zero attached hydrogens (tertiary/aromatic N) is 1. The first-order valence-corrected chi connectivity index (χ1v) is 11.6. The molecular weight excluding hydrogens is 462 g/mol. The van der Waals surface area contributed by atoms with Crippen molar-refractivity contribution in [3.05, 3.63) is 83.3 Å². The zero-order chi connectivity index (χ0) is 24.9. The topological polar surface area (TPSA) is 149 Å². The van der Waals surface area contributed by atoms with E-state index in [-0.39, 0.29) is 22.6 Å². The molecule has 0 radical (unpaired) electrons. The molecule has 0 spiro atoms. The number of rotatable bonds is 8. The van der Waals surface area contributed by atoms with Gasteiger partial charge in [-0.1, -0.05) is 18.2 Å². The van der Waals surface area contributed by atoms with Crippen LogP contribution >= 0.6 is 0 Å². The maximum absolute atomic E-state index is 12.7. The molecule has 2 amide bonds. The summed E-state index contributed by atoms with van der Waals surface area (Å²) < 4.78 is 33.6. The van der Waals surface area contributed by atoms with Crippen LogP contribution in [0.4, 0.5) is 5.69 Å². The number of furan rings is 1. The van der Waals surface area contributed by atoms with Crippen LogP contribution in [0, 0.1) is 6.92 Å². The van der Waals surface area contributed by atoms with Crippen LogP contribution in [-0.4, -0.2) is 39.9 Å². The Morgan fingerprint density at radius 3 is 2.50 bits per heavy atom. The fourth-order valence-electron chi connectivity index (χ4n) is 3.11. The summed E-state index contributed by atoms with van der Waals surface area (Å²) in [6, 6.07) is 13.8. The largest absolute Gasteiger partial charge is 0.467 e. The van der Waals surface area contributed by atoms with Crippen LogP contribution in [0.25, 0.3) is 0 Å². The number of ether oxygens (including phenoxy) is 1. The molecule has 178 valence electrons. The number of likely N-dealkylation sites (N-methyl/N-ethyl adjacent to an activating group) is 1. The number of aryl methyl sites for hydroxylation is 1. The van der Waals surface area contributed by atoms with Crippen LogP contribution in [0.2, 0.25) is 0 Å². The molecule has 0 unspecified atom stereocenters. The number of carbonyl (C=O) groups excluding carboxylic acids is 3. The Balaban J connectivity index is 1.67. The Kier molecular flexibility index (Phi) is 7.49. The van der Waals surface area contributed by atoms with E-state index in [1.165, 1.54) is 37.3 Å². The third kappa shape index (κ3) is 5.88. The molecule has 0 aliphatic rings. The van der Waals surface area contributed by atoms with Crippen LogP contribution in [0.5, 0.6) is 0 Å². The van der Waals surface area contributed by atoms with Crippen LogP contribution in [0.1, 0.15) is 32.0 Å². The second-order valence-corrected chi connectivity index (χ2v) is 8.86. The highest BCUT2D eigenvalue weighted by atomic mass is 32.2. The number of nitrogens with one attached hydrogen (secondary N) is 1. The lowest BCUT2D eigenvalue weighted by molar-refractivity contribution is -0.121. The van der Waals surface area contributed by atoms with Gasteiger partial charge in [0.25, 0.3) is 11.8 Å². The van der Waals surface area contributed by atoms with Gasteiger partial charge in [0.1, 0.15) is 5.76 Å². The number of para-hydroxylation sites is 1. The number of sulfonamides is 1. The molecule has 0 atom stereocenters. The van der Waals surface area contributed by atoms with Crippen molar-refractivity contribution in [1.29, 1.82) is 0 Å². The summed E-state index contributed by atoms with van der Waals surface area (Å²) in [5.41, 5.74) is 0.861. The van der Waals surface area contributed by atoms with E-state index < -0.39 is 34.4 Å². The molecule has 0 aliphatic heterocycles. The average Bonchev–Trinajstić information content (AvgIpc) is 3.33. The third-order valence-electron chi connectivity index (χ3n) is 4.94. The summed E-state index contributed by atoms with van der Waals surface area (Å²) in [7, 11) is -2.58. The monoisotopic (exact) mass is 485 g/mol. The molecule has 0 saturated carbocycles. The maximum atomic E-state index is 12.7. The molecule has 1 aromatic heterocycles. The van der Waals surface area contributed by atoms with Crippen LogP contribution in [0.15, 0.2) is 70.2 Å². The lowest BCUT2D eigenvalue weighted by Crippen LogP contribution is -2.33. The zero-order valence-electron chi connectivity index (χ0n) is 18.5. The van der Waals surface area contributed by atoms with Crippen molar-refractivity contribution in [1.82, 2.24) is 5.32 Å². The Labute approximate surface area is 196 Å². The number of anilines is 1. The molecule has 3 N–H and O–H groups in total. The van der Waals surface area contributed by atoms with E-state index in [1.54, 1.807) is 36.4 Å². The first-order valence-electron chi connectivity index (χ1n) is 10.0. The zero-order valence-corrected chi connectivity index (χ0v) is 19.3. The fraction of sp³-hybridized carbons (Fsp3) is 0.174. The van der Waals surface area contributed by atoms with Gasteiger partial charge in [0.2, 0.25) is 10.0 Å². The molecular formula is C23H23N3O7S. The van der Waals surface area contributed by atoms with E-state index in [4.69, 9.17) is 14.3 Å². The van der Waals surface area contributed by atoms with Gasteiger partial charge in [-0.05, 0) is 48.9 Å². The average molecular weight is 486 g/mol. The quantitative estimate of drug-likeness (QED) is 0.463. The van der Waals surface area contributed by atoms with Gasteiger partial charge in [-0.2, -0.15) is 0 Å². The SMILES string of the molecule is Cc1ccc(C(=O)OCC(=O)N(C)c2ccccc2C(=O)NCc2ccco2)cc1S(N)(=O)=O. The number of primary sulfonamides is 1. The third-order valence-corrected chi connectivity index (χ3v) is 6.00. The first-order chi connectivity index (χ1) is 16.1. The van der Waals surface area contributed by atoms with Crippen molar-refractivity contribution < 1.29 is 32.0 Å². The number of amides is 2. The second-order valence-electron chi connectivity index (χ2n) is 7.33. The minimum atomic E-state index is -4.03. The minimum absolute atomic E-state index is 0.0669. The van der Waals surface area contributed by atoms with Crippen LogP contribution in [0.3, 0.4) is 0 Å². The highest BCUT2D eigenvalue weighted by Crippen LogP contribution is 2.20. The number of carbonyl (C=O) groups is 3. The van der Waals surface area contributed by atoms with Crippen molar-refractivity contribution in [3.8, 4) is 0 Å². The van der Waals surface area contributed by atoms with E-state index >= 15 is 0 Å². The number of esters is 1. The molecule has 0 aliphatic carbocycles. The van der Waals surface area contributed by atoms with Crippen LogP contribution in [-0.2, 0) is 26.1 Å². The number of benzene rings is 2. The van der Waals surface area contributed by atoms with Gasteiger partial charge in [0.05, 0.1) is 34.5 Å². The van der Waals surface area contributed by atoms with Gasteiger partial charge in [0, 0.05) is 7.05 Å². The summed E-state index contributed by atoms with van der Waals surface area (Å²) >= 11 is 0. The highest BCUT2D eigenvalue weighted by molar-refractivity contribution is 7.89. The lowest BCUT2D eigenvalue weighted by Gasteiger charge is -2.20. The van der Waals surface area contributed by atoms with Gasteiger partial charge in [-0.15, -0.1) is 0 Å². The predicted octanol–water partition coefficient (Wildman–Crippen LogP) is 1.99. The normalized spacial score (nSPS) is 11.0. The molecule has 10 nitrogen and oxygen atoms in total. The Bertz CT molecular complexity index is 1320. The molecule has 0 bridgehead atoms. The van der Waals surface area contributed by atoms with Crippen molar-refractivity contribution in [2.45, 2.75) is 18.4 Å². The summed E-state index contributed by atoms with van der Waals surface area (Å²) in [6.45, 7) is 1.08. The molecule has 34 heavy (non-hydrogen) atoms.